The molecule has 0 saturated carbocycles. The quantitative estimate of drug-likeness (QED) is 0.663. The van der Waals surface area contributed by atoms with Gasteiger partial charge < -0.3 is 15.0 Å². The normalized spacial score (nSPS) is 10.0. The van der Waals surface area contributed by atoms with Gasteiger partial charge in [0.15, 0.2) is 0 Å². The third-order valence-corrected chi connectivity index (χ3v) is 3.05. The number of aryl methyl sites for hydroxylation is 1. The lowest BCUT2D eigenvalue weighted by Gasteiger charge is -2.22. The molecule has 0 fully saturated rings. The fraction of sp³-hybridized carbons (Fsp3) is 0.467. The molecule has 1 aromatic rings. The molecule has 1 amide bonds. The molecule has 110 valence electrons. The van der Waals surface area contributed by atoms with Gasteiger partial charge in [-0.3, -0.25) is 4.79 Å². The summed E-state index contributed by atoms with van der Waals surface area (Å²) in [6, 6.07) is 5.73. The molecule has 1 N–H and O–H groups in total. The number of carbonyl (C=O) groups excluding carboxylic acids is 2. The van der Waals surface area contributed by atoms with Gasteiger partial charge >= 0.3 is 11.9 Å². The molecule has 0 aliphatic rings. The molecule has 0 atom stereocenters. The molecule has 0 saturated heterocycles. The van der Waals surface area contributed by atoms with Crippen LogP contribution in [0.25, 0.3) is 0 Å². The van der Waals surface area contributed by atoms with Crippen molar-refractivity contribution < 1.29 is 14.3 Å². The Kier molecular flexibility index (Phi) is 6.03. The van der Waals surface area contributed by atoms with Crippen molar-refractivity contribution in [3.05, 3.63) is 23.8 Å². The van der Waals surface area contributed by atoms with Crippen LogP contribution < -0.4 is 10.2 Å². The first-order valence-corrected chi connectivity index (χ1v) is 6.87. The van der Waals surface area contributed by atoms with Crippen LogP contribution in [0.2, 0.25) is 0 Å². The van der Waals surface area contributed by atoms with Gasteiger partial charge in [-0.1, -0.05) is 0 Å². The molecule has 5 heteroatoms. The topological polar surface area (TPSA) is 58.6 Å². The van der Waals surface area contributed by atoms with E-state index in [2.05, 4.69) is 28.8 Å². The number of benzene rings is 1. The van der Waals surface area contributed by atoms with E-state index in [0.29, 0.717) is 5.69 Å². The van der Waals surface area contributed by atoms with Crippen LogP contribution in [0.15, 0.2) is 18.2 Å². The Bertz CT molecular complexity index is 482. The molecule has 1 rings (SSSR count). The SMILES string of the molecule is CCOC(=O)C(=O)Nc1ccc(N(CC)CC)cc1C. The average molecular weight is 278 g/mol. The highest BCUT2D eigenvalue weighted by molar-refractivity contribution is 6.37. The number of esters is 1. The highest BCUT2D eigenvalue weighted by atomic mass is 16.5. The first-order valence-electron chi connectivity index (χ1n) is 6.87. The summed E-state index contributed by atoms with van der Waals surface area (Å²) in [5.41, 5.74) is 2.63. The molecule has 20 heavy (non-hydrogen) atoms. The van der Waals surface area contributed by atoms with Crippen LogP contribution in [0.5, 0.6) is 0 Å². The smallest absolute Gasteiger partial charge is 0.397 e. The zero-order chi connectivity index (χ0) is 15.1. The second-order valence-corrected chi connectivity index (χ2v) is 4.35. The zero-order valence-corrected chi connectivity index (χ0v) is 12.5. The van der Waals surface area contributed by atoms with E-state index in [9.17, 15) is 9.59 Å². The molecule has 5 nitrogen and oxygen atoms in total. The summed E-state index contributed by atoms with van der Waals surface area (Å²) in [7, 11) is 0. The number of amides is 1. The molecule has 0 heterocycles. The lowest BCUT2D eigenvalue weighted by molar-refractivity contribution is -0.152. The van der Waals surface area contributed by atoms with Gasteiger partial charge in [0, 0.05) is 24.5 Å². The van der Waals surface area contributed by atoms with E-state index in [1.54, 1.807) is 13.0 Å². The molecular weight excluding hydrogens is 256 g/mol. The largest absolute Gasteiger partial charge is 0.459 e. The molecule has 0 aliphatic heterocycles. The van der Waals surface area contributed by atoms with Gasteiger partial charge in [-0.15, -0.1) is 0 Å². The monoisotopic (exact) mass is 278 g/mol. The minimum absolute atomic E-state index is 0.187. The van der Waals surface area contributed by atoms with Crippen LogP contribution in [0.4, 0.5) is 11.4 Å². The van der Waals surface area contributed by atoms with E-state index in [0.717, 1.165) is 24.3 Å². The van der Waals surface area contributed by atoms with Crippen molar-refractivity contribution in [3.8, 4) is 0 Å². The number of nitrogens with one attached hydrogen (secondary N) is 1. The predicted molar refractivity (Wildman–Crippen MR) is 80.0 cm³/mol. The van der Waals surface area contributed by atoms with Crippen LogP contribution in [-0.4, -0.2) is 31.6 Å². The van der Waals surface area contributed by atoms with Gasteiger partial charge in [0.25, 0.3) is 0 Å². The van der Waals surface area contributed by atoms with Crippen molar-refractivity contribution in [2.24, 2.45) is 0 Å². The number of anilines is 2. The summed E-state index contributed by atoms with van der Waals surface area (Å²) in [6.45, 7) is 9.77. The standard InChI is InChI=1S/C15H22N2O3/c1-5-17(6-2)12-8-9-13(11(4)10-12)16-14(18)15(19)20-7-3/h8-10H,5-7H2,1-4H3,(H,16,18). The van der Waals surface area contributed by atoms with E-state index in [-0.39, 0.29) is 6.61 Å². The van der Waals surface area contributed by atoms with Gasteiger partial charge in [0.05, 0.1) is 6.61 Å². The lowest BCUT2D eigenvalue weighted by atomic mass is 10.1. The summed E-state index contributed by atoms with van der Waals surface area (Å²) >= 11 is 0. The first kappa shape index (κ1) is 16.0. The summed E-state index contributed by atoms with van der Waals surface area (Å²) in [6.07, 6.45) is 0. The number of carbonyl (C=O) groups is 2. The Morgan fingerprint density at radius 3 is 2.35 bits per heavy atom. The minimum atomic E-state index is -0.861. The highest BCUT2D eigenvalue weighted by Gasteiger charge is 2.16. The maximum Gasteiger partial charge on any atom is 0.397 e. The third kappa shape index (κ3) is 3.98. The molecule has 0 radical (unpaired) electrons. The second kappa shape index (κ2) is 7.53. The Labute approximate surface area is 119 Å². The number of rotatable bonds is 5. The summed E-state index contributed by atoms with van der Waals surface area (Å²) in [5.74, 6) is -1.61. The van der Waals surface area contributed by atoms with Gasteiger partial charge in [-0.25, -0.2) is 4.79 Å². The summed E-state index contributed by atoms with van der Waals surface area (Å²) in [4.78, 5) is 25.1. The van der Waals surface area contributed by atoms with Gasteiger partial charge in [-0.2, -0.15) is 0 Å². The molecule has 0 unspecified atom stereocenters. The molecule has 0 aliphatic carbocycles. The highest BCUT2D eigenvalue weighted by Crippen LogP contribution is 2.22. The zero-order valence-electron chi connectivity index (χ0n) is 12.5. The Hall–Kier alpha value is -2.04. The van der Waals surface area contributed by atoms with Crippen molar-refractivity contribution in [1.29, 1.82) is 0 Å². The van der Waals surface area contributed by atoms with E-state index in [4.69, 9.17) is 0 Å². The molecule has 0 bridgehead atoms. The summed E-state index contributed by atoms with van der Waals surface area (Å²) < 4.78 is 4.65. The van der Waals surface area contributed by atoms with Crippen molar-refractivity contribution in [2.45, 2.75) is 27.7 Å². The Balaban J connectivity index is 2.83. The molecular formula is C15H22N2O3. The molecule has 0 aromatic heterocycles. The van der Waals surface area contributed by atoms with Crippen LogP contribution in [-0.2, 0) is 14.3 Å². The van der Waals surface area contributed by atoms with E-state index < -0.39 is 11.9 Å². The number of hydrogen-bond donors (Lipinski definition) is 1. The number of ether oxygens (including phenoxy) is 1. The predicted octanol–water partition coefficient (Wildman–Crippen LogP) is 2.34. The minimum Gasteiger partial charge on any atom is -0.459 e. The van der Waals surface area contributed by atoms with Gasteiger partial charge in [-0.05, 0) is 51.5 Å². The Morgan fingerprint density at radius 2 is 1.85 bits per heavy atom. The van der Waals surface area contributed by atoms with Gasteiger partial charge in [0.2, 0.25) is 0 Å². The maximum atomic E-state index is 11.6. The lowest BCUT2D eigenvalue weighted by Crippen LogP contribution is -2.25. The van der Waals surface area contributed by atoms with Crippen molar-refractivity contribution in [2.75, 3.05) is 29.9 Å². The Morgan fingerprint density at radius 1 is 1.20 bits per heavy atom. The van der Waals surface area contributed by atoms with E-state index >= 15 is 0 Å². The fourth-order valence-corrected chi connectivity index (χ4v) is 1.94. The number of hydrogen-bond acceptors (Lipinski definition) is 4. The van der Waals surface area contributed by atoms with Crippen molar-refractivity contribution in [3.63, 3.8) is 0 Å². The van der Waals surface area contributed by atoms with Crippen LogP contribution in [0.3, 0.4) is 0 Å². The van der Waals surface area contributed by atoms with Crippen LogP contribution >= 0.6 is 0 Å². The summed E-state index contributed by atoms with van der Waals surface area (Å²) in [5, 5.41) is 2.56. The van der Waals surface area contributed by atoms with E-state index in [1.807, 2.05) is 19.1 Å². The van der Waals surface area contributed by atoms with Crippen LogP contribution in [0, 0.1) is 6.92 Å². The van der Waals surface area contributed by atoms with E-state index in [1.165, 1.54) is 0 Å². The molecule has 0 spiro atoms. The van der Waals surface area contributed by atoms with Gasteiger partial charge in [0.1, 0.15) is 0 Å². The third-order valence-electron chi connectivity index (χ3n) is 3.05. The second-order valence-electron chi connectivity index (χ2n) is 4.35. The first-order chi connectivity index (χ1) is 9.53. The van der Waals surface area contributed by atoms with Crippen molar-refractivity contribution >= 4 is 23.3 Å². The van der Waals surface area contributed by atoms with Crippen molar-refractivity contribution in [1.82, 2.24) is 0 Å². The van der Waals surface area contributed by atoms with Crippen LogP contribution in [0.1, 0.15) is 26.3 Å². The molecule has 1 aromatic carbocycles. The maximum absolute atomic E-state index is 11.6. The fourth-order valence-electron chi connectivity index (χ4n) is 1.94. The number of nitrogens with zero attached hydrogens (tertiary/aromatic N) is 1. The average Bonchev–Trinajstić information content (AvgIpc) is 2.43.